The fourth-order valence-corrected chi connectivity index (χ4v) is 3.14. The highest BCUT2D eigenvalue weighted by molar-refractivity contribution is 6.39. The number of hydrogen-bond donors (Lipinski definition) is 1. The van der Waals surface area contributed by atoms with Crippen LogP contribution in [-0.4, -0.2) is 23.9 Å². The van der Waals surface area contributed by atoms with Crippen molar-refractivity contribution in [2.75, 3.05) is 4.90 Å². The summed E-state index contributed by atoms with van der Waals surface area (Å²) < 4.78 is 5.58. The lowest BCUT2D eigenvalue weighted by atomic mass is 10.1. The van der Waals surface area contributed by atoms with Gasteiger partial charge in [0.25, 0.3) is 11.8 Å². The lowest BCUT2D eigenvalue weighted by Crippen LogP contribution is -2.54. The Morgan fingerprint density at radius 2 is 1.76 bits per heavy atom. The number of benzene rings is 2. The Morgan fingerprint density at radius 3 is 2.38 bits per heavy atom. The minimum absolute atomic E-state index is 0.0525. The third-order valence-corrected chi connectivity index (χ3v) is 4.85. The number of nitrogens with zero attached hydrogens (tertiary/aromatic N) is 1. The van der Waals surface area contributed by atoms with Gasteiger partial charge in [0.1, 0.15) is 11.3 Å². The molecule has 0 bridgehead atoms. The summed E-state index contributed by atoms with van der Waals surface area (Å²) in [5.41, 5.74) is 1.38. The molecule has 0 spiro atoms. The number of carbonyl (C=O) groups is 3. The Kier molecular flexibility index (Phi) is 5.96. The van der Waals surface area contributed by atoms with Crippen molar-refractivity contribution in [2.45, 2.75) is 26.9 Å². The van der Waals surface area contributed by atoms with E-state index in [-0.39, 0.29) is 17.4 Å². The van der Waals surface area contributed by atoms with Crippen LogP contribution >= 0.6 is 23.2 Å². The van der Waals surface area contributed by atoms with Gasteiger partial charge in [-0.05, 0) is 62.2 Å². The Labute approximate surface area is 178 Å². The first-order valence-corrected chi connectivity index (χ1v) is 9.57. The van der Waals surface area contributed by atoms with E-state index in [0.29, 0.717) is 21.4 Å². The highest BCUT2D eigenvalue weighted by atomic mass is 35.5. The number of barbiturate groups is 1. The second kappa shape index (κ2) is 8.27. The molecule has 150 valence electrons. The van der Waals surface area contributed by atoms with Crippen molar-refractivity contribution in [3.05, 3.63) is 63.1 Å². The minimum Gasteiger partial charge on any atom is -0.489 e. The van der Waals surface area contributed by atoms with Gasteiger partial charge in [-0.1, -0.05) is 35.3 Å². The largest absolute Gasteiger partial charge is 0.489 e. The predicted octanol–water partition coefficient (Wildman–Crippen LogP) is 4.76. The number of urea groups is 1. The molecule has 1 fully saturated rings. The number of ether oxygens (including phenoxy) is 1. The van der Waals surface area contributed by atoms with Gasteiger partial charge < -0.3 is 4.74 Å². The van der Waals surface area contributed by atoms with Crippen LogP contribution < -0.4 is 15.0 Å². The standard InChI is InChI=1S/C21H18Cl2N2O4/c1-11(2)29-18-7-5-13(9-17(18)23)8-15-19(26)24-21(28)25(20(15)27)14-6-4-12(3)16(22)10-14/h4-11H,1-3H3,(H,24,26,28)/b15-8+. The number of nitrogens with one attached hydrogen (secondary N) is 1. The van der Waals surface area contributed by atoms with Gasteiger partial charge in [-0.25, -0.2) is 9.69 Å². The SMILES string of the molecule is Cc1ccc(N2C(=O)NC(=O)/C(=C\c3ccc(OC(C)C)c(Cl)c3)C2=O)cc1Cl. The topological polar surface area (TPSA) is 75.7 Å². The summed E-state index contributed by atoms with van der Waals surface area (Å²) in [5, 5.41) is 2.92. The Morgan fingerprint density at radius 1 is 1.03 bits per heavy atom. The zero-order chi connectivity index (χ0) is 21.3. The fraction of sp³-hybridized carbons (Fsp3) is 0.190. The molecular weight excluding hydrogens is 415 g/mol. The average Bonchev–Trinajstić information content (AvgIpc) is 2.63. The molecule has 2 aromatic carbocycles. The highest BCUT2D eigenvalue weighted by Crippen LogP contribution is 2.29. The number of imide groups is 2. The lowest BCUT2D eigenvalue weighted by molar-refractivity contribution is -0.122. The number of rotatable bonds is 4. The number of aryl methyl sites for hydroxylation is 1. The number of halogens is 2. The van der Waals surface area contributed by atoms with Crippen molar-refractivity contribution in [3.8, 4) is 5.75 Å². The third kappa shape index (κ3) is 4.44. The third-order valence-electron chi connectivity index (χ3n) is 4.14. The molecule has 0 saturated carbocycles. The highest BCUT2D eigenvalue weighted by Gasteiger charge is 2.37. The molecule has 0 atom stereocenters. The van der Waals surface area contributed by atoms with Crippen molar-refractivity contribution >= 4 is 52.8 Å². The van der Waals surface area contributed by atoms with Crippen molar-refractivity contribution in [2.24, 2.45) is 0 Å². The molecule has 3 rings (SSSR count). The second-order valence-corrected chi connectivity index (χ2v) is 7.56. The van der Waals surface area contributed by atoms with E-state index in [2.05, 4.69) is 5.32 Å². The maximum atomic E-state index is 12.9. The summed E-state index contributed by atoms with van der Waals surface area (Å²) in [6.45, 7) is 5.55. The Hall–Kier alpha value is -2.83. The van der Waals surface area contributed by atoms with E-state index in [0.717, 1.165) is 10.5 Å². The summed E-state index contributed by atoms with van der Waals surface area (Å²) in [7, 11) is 0. The molecule has 6 nitrogen and oxygen atoms in total. The predicted molar refractivity (Wildman–Crippen MR) is 112 cm³/mol. The minimum atomic E-state index is -0.837. The maximum absolute atomic E-state index is 12.9. The Bertz CT molecular complexity index is 1050. The van der Waals surface area contributed by atoms with Crippen LogP contribution in [0.4, 0.5) is 10.5 Å². The first-order chi connectivity index (χ1) is 13.7. The first-order valence-electron chi connectivity index (χ1n) is 8.81. The monoisotopic (exact) mass is 432 g/mol. The van der Waals surface area contributed by atoms with Crippen LogP contribution in [0.15, 0.2) is 42.0 Å². The zero-order valence-corrected chi connectivity index (χ0v) is 17.5. The van der Waals surface area contributed by atoms with Crippen molar-refractivity contribution in [1.29, 1.82) is 0 Å². The van der Waals surface area contributed by atoms with E-state index in [1.165, 1.54) is 12.1 Å². The van der Waals surface area contributed by atoms with E-state index >= 15 is 0 Å². The summed E-state index contributed by atoms with van der Waals surface area (Å²) >= 11 is 12.3. The smallest absolute Gasteiger partial charge is 0.335 e. The van der Waals surface area contributed by atoms with Gasteiger partial charge in [0, 0.05) is 5.02 Å². The van der Waals surface area contributed by atoms with E-state index in [4.69, 9.17) is 27.9 Å². The van der Waals surface area contributed by atoms with Gasteiger partial charge in [0.05, 0.1) is 16.8 Å². The maximum Gasteiger partial charge on any atom is 0.335 e. The van der Waals surface area contributed by atoms with Crippen LogP contribution in [-0.2, 0) is 9.59 Å². The van der Waals surface area contributed by atoms with Crippen molar-refractivity contribution in [3.63, 3.8) is 0 Å². The van der Waals surface area contributed by atoms with Crippen LogP contribution in [0.2, 0.25) is 10.0 Å². The molecule has 0 unspecified atom stereocenters. The molecule has 1 aliphatic rings. The molecule has 4 amide bonds. The molecule has 0 aliphatic carbocycles. The number of anilines is 1. The van der Waals surface area contributed by atoms with Crippen LogP contribution in [0, 0.1) is 6.92 Å². The summed E-state index contributed by atoms with van der Waals surface area (Å²) in [6.07, 6.45) is 1.32. The lowest BCUT2D eigenvalue weighted by Gasteiger charge is -2.26. The summed E-state index contributed by atoms with van der Waals surface area (Å²) in [6, 6.07) is 8.83. The molecule has 1 N–H and O–H groups in total. The van der Waals surface area contributed by atoms with Crippen LogP contribution in [0.25, 0.3) is 6.08 Å². The Balaban J connectivity index is 1.97. The van der Waals surface area contributed by atoms with Gasteiger partial charge in [-0.15, -0.1) is 0 Å². The van der Waals surface area contributed by atoms with E-state index in [1.807, 2.05) is 13.8 Å². The average molecular weight is 433 g/mol. The second-order valence-electron chi connectivity index (χ2n) is 6.75. The molecule has 0 radical (unpaired) electrons. The molecule has 2 aromatic rings. The van der Waals surface area contributed by atoms with Crippen LogP contribution in [0.3, 0.4) is 0 Å². The zero-order valence-electron chi connectivity index (χ0n) is 16.0. The van der Waals surface area contributed by atoms with Gasteiger partial charge in [-0.3, -0.25) is 14.9 Å². The number of amides is 4. The van der Waals surface area contributed by atoms with E-state index < -0.39 is 17.8 Å². The normalized spacial score (nSPS) is 15.9. The van der Waals surface area contributed by atoms with E-state index in [1.54, 1.807) is 37.3 Å². The molecule has 0 aromatic heterocycles. The molecular formula is C21H18Cl2N2O4. The van der Waals surface area contributed by atoms with Crippen LogP contribution in [0.5, 0.6) is 5.75 Å². The van der Waals surface area contributed by atoms with Crippen molar-refractivity contribution < 1.29 is 19.1 Å². The molecule has 8 heteroatoms. The number of carbonyl (C=O) groups excluding carboxylic acids is 3. The van der Waals surface area contributed by atoms with Gasteiger partial charge in [0.2, 0.25) is 0 Å². The fourth-order valence-electron chi connectivity index (χ4n) is 2.74. The molecule has 1 heterocycles. The molecule has 1 aliphatic heterocycles. The van der Waals surface area contributed by atoms with Gasteiger partial charge in [0.15, 0.2) is 0 Å². The van der Waals surface area contributed by atoms with Crippen LogP contribution in [0.1, 0.15) is 25.0 Å². The summed E-state index contributed by atoms with van der Waals surface area (Å²) in [5.74, 6) is -1.04. The van der Waals surface area contributed by atoms with E-state index in [9.17, 15) is 14.4 Å². The van der Waals surface area contributed by atoms with Crippen molar-refractivity contribution in [1.82, 2.24) is 5.32 Å². The van der Waals surface area contributed by atoms with Gasteiger partial charge in [-0.2, -0.15) is 0 Å². The molecule has 1 saturated heterocycles. The number of hydrogen-bond acceptors (Lipinski definition) is 4. The van der Waals surface area contributed by atoms with Gasteiger partial charge >= 0.3 is 6.03 Å². The summed E-state index contributed by atoms with van der Waals surface area (Å²) in [4.78, 5) is 38.4. The molecule has 29 heavy (non-hydrogen) atoms. The quantitative estimate of drug-likeness (QED) is 0.558. The first kappa shape index (κ1) is 20.9.